The molecule has 0 saturated carbocycles. The molecule has 2 aromatic rings. The molecule has 2 heterocycles. The monoisotopic (exact) mass is 418 g/mol. The van der Waals surface area contributed by atoms with E-state index >= 15 is 0 Å². The molecule has 1 atom stereocenters. The molecule has 1 aliphatic rings. The van der Waals surface area contributed by atoms with Crippen molar-refractivity contribution in [2.24, 2.45) is 0 Å². The van der Waals surface area contributed by atoms with E-state index in [1.165, 1.54) is 11.8 Å². The van der Waals surface area contributed by atoms with E-state index in [1.807, 2.05) is 38.1 Å². The number of para-hydroxylation sites is 1. The summed E-state index contributed by atoms with van der Waals surface area (Å²) in [7, 11) is 0. The van der Waals surface area contributed by atoms with Crippen molar-refractivity contribution in [2.45, 2.75) is 44.4 Å². The largest absolute Gasteiger partial charge is 0.379 e. The van der Waals surface area contributed by atoms with Gasteiger partial charge in [-0.2, -0.15) is 0 Å². The van der Waals surface area contributed by atoms with Gasteiger partial charge in [-0.25, -0.2) is 4.98 Å². The average molecular weight is 419 g/mol. The summed E-state index contributed by atoms with van der Waals surface area (Å²) in [5.74, 6) is 0.213. The lowest BCUT2D eigenvalue weighted by atomic mass is 10.2. The predicted octanol–water partition coefficient (Wildman–Crippen LogP) is 2.13. The summed E-state index contributed by atoms with van der Waals surface area (Å²) in [5, 5.41) is 4.19. The maximum atomic E-state index is 13.1. The van der Waals surface area contributed by atoms with Crippen LogP contribution in [0.5, 0.6) is 0 Å². The van der Waals surface area contributed by atoms with Crippen LogP contribution in [-0.4, -0.2) is 65.0 Å². The maximum Gasteiger partial charge on any atom is 0.262 e. The first-order valence-electron chi connectivity index (χ1n) is 10.3. The molecular formula is C21H30N4O3S. The Morgan fingerprint density at radius 1 is 1.28 bits per heavy atom. The molecule has 1 fully saturated rings. The smallest absolute Gasteiger partial charge is 0.262 e. The lowest BCUT2D eigenvalue weighted by Gasteiger charge is -2.26. The van der Waals surface area contributed by atoms with Crippen LogP contribution in [0.2, 0.25) is 0 Å². The van der Waals surface area contributed by atoms with Crippen molar-refractivity contribution in [2.75, 3.05) is 38.6 Å². The molecule has 0 spiro atoms. The molecule has 0 radical (unpaired) electrons. The van der Waals surface area contributed by atoms with Gasteiger partial charge in [0.1, 0.15) is 0 Å². The number of rotatable bonds is 9. The van der Waals surface area contributed by atoms with Crippen LogP contribution in [0, 0.1) is 0 Å². The van der Waals surface area contributed by atoms with E-state index < -0.39 is 0 Å². The second-order valence-corrected chi connectivity index (χ2v) is 8.28. The molecular weight excluding hydrogens is 388 g/mol. The third kappa shape index (κ3) is 6.04. The third-order valence-corrected chi connectivity index (χ3v) is 6.11. The number of fused-ring (bicyclic) bond motifs is 1. The minimum Gasteiger partial charge on any atom is -0.379 e. The highest BCUT2D eigenvalue weighted by Crippen LogP contribution is 2.18. The fourth-order valence-corrected chi connectivity index (χ4v) is 4.12. The molecule has 158 valence electrons. The highest BCUT2D eigenvalue weighted by molar-refractivity contribution is 7.99. The lowest BCUT2D eigenvalue weighted by Crippen LogP contribution is -2.37. The van der Waals surface area contributed by atoms with Gasteiger partial charge in [-0.1, -0.05) is 30.8 Å². The van der Waals surface area contributed by atoms with Gasteiger partial charge in [0.05, 0.1) is 29.9 Å². The number of nitrogens with zero attached hydrogens (tertiary/aromatic N) is 3. The SMILES string of the molecule is CC[C@@H](C)NC(=O)CSc1nc2ccccc2c(=O)n1CCCN1CCOCC1. The second-order valence-electron chi connectivity index (χ2n) is 7.34. The summed E-state index contributed by atoms with van der Waals surface area (Å²) in [6.07, 6.45) is 1.74. The van der Waals surface area contributed by atoms with Crippen LogP contribution in [0.25, 0.3) is 10.9 Å². The molecule has 1 N–H and O–H groups in total. The van der Waals surface area contributed by atoms with Crippen LogP contribution >= 0.6 is 11.8 Å². The van der Waals surface area contributed by atoms with E-state index in [0.717, 1.165) is 45.7 Å². The van der Waals surface area contributed by atoms with Gasteiger partial charge in [0.15, 0.2) is 5.16 Å². The van der Waals surface area contributed by atoms with Crippen molar-refractivity contribution in [1.29, 1.82) is 0 Å². The van der Waals surface area contributed by atoms with E-state index in [1.54, 1.807) is 4.57 Å². The Morgan fingerprint density at radius 3 is 2.79 bits per heavy atom. The Bertz CT molecular complexity index is 880. The number of morpholine rings is 1. The molecule has 0 aliphatic carbocycles. The number of carbonyl (C=O) groups excluding carboxylic acids is 1. The Labute approximate surface area is 175 Å². The molecule has 1 amide bonds. The Balaban J connectivity index is 1.74. The summed E-state index contributed by atoms with van der Waals surface area (Å²) < 4.78 is 7.12. The summed E-state index contributed by atoms with van der Waals surface area (Å²) in [4.78, 5) is 32.3. The van der Waals surface area contributed by atoms with Gasteiger partial charge in [-0.05, 0) is 31.9 Å². The van der Waals surface area contributed by atoms with Crippen LogP contribution in [0.3, 0.4) is 0 Å². The van der Waals surface area contributed by atoms with E-state index in [0.29, 0.717) is 22.6 Å². The maximum absolute atomic E-state index is 13.1. The van der Waals surface area contributed by atoms with E-state index in [9.17, 15) is 9.59 Å². The van der Waals surface area contributed by atoms with Gasteiger partial charge in [-0.15, -0.1) is 0 Å². The van der Waals surface area contributed by atoms with Crippen LogP contribution in [-0.2, 0) is 16.1 Å². The summed E-state index contributed by atoms with van der Waals surface area (Å²) in [5.41, 5.74) is 0.633. The highest BCUT2D eigenvalue weighted by Gasteiger charge is 2.15. The molecule has 3 rings (SSSR count). The minimum atomic E-state index is -0.0394. The molecule has 29 heavy (non-hydrogen) atoms. The third-order valence-electron chi connectivity index (χ3n) is 5.14. The lowest BCUT2D eigenvalue weighted by molar-refractivity contribution is -0.119. The summed E-state index contributed by atoms with van der Waals surface area (Å²) >= 11 is 1.33. The van der Waals surface area contributed by atoms with Gasteiger partial charge in [-0.3, -0.25) is 19.1 Å². The zero-order chi connectivity index (χ0) is 20.6. The van der Waals surface area contributed by atoms with Crippen LogP contribution in [0.4, 0.5) is 0 Å². The van der Waals surface area contributed by atoms with Crippen molar-refractivity contribution >= 4 is 28.6 Å². The van der Waals surface area contributed by atoms with E-state index in [-0.39, 0.29) is 23.3 Å². The second kappa shape index (κ2) is 10.8. The average Bonchev–Trinajstić information content (AvgIpc) is 2.74. The number of carbonyl (C=O) groups is 1. The number of benzene rings is 1. The van der Waals surface area contributed by atoms with Crippen molar-refractivity contribution in [1.82, 2.24) is 19.8 Å². The van der Waals surface area contributed by atoms with Crippen molar-refractivity contribution in [3.63, 3.8) is 0 Å². The molecule has 1 aromatic heterocycles. The zero-order valence-corrected chi connectivity index (χ0v) is 18.0. The van der Waals surface area contributed by atoms with Crippen LogP contribution in [0.1, 0.15) is 26.7 Å². The Morgan fingerprint density at radius 2 is 2.03 bits per heavy atom. The number of hydrogen-bond acceptors (Lipinski definition) is 6. The fourth-order valence-electron chi connectivity index (χ4n) is 3.28. The number of aromatic nitrogens is 2. The van der Waals surface area contributed by atoms with Gasteiger partial charge in [0, 0.05) is 32.2 Å². The molecule has 7 nitrogen and oxygen atoms in total. The van der Waals surface area contributed by atoms with Crippen molar-refractivity contribution < 1.29 is 9.53 Å². The Kier molecular flexibility index (Phi) is 8.09. The minimum absolute atomic E-state index is 0.0355. The molecule has 1 aliphatic heterocycles. The molecule has 0 unspecified atom stereocenters. The quantitative estimate of drug-likeness (QED) is 0.497. The first-order chi connectivity index (χ1) is 14.1. The highest BCUT2D eigenvalue weighted by atomic mass is 32.2. The van der Waals surface area contributed by atoms with Crippen molar-refractivity contribution in [3.05, 3.63) is 34.6 Å². The summed E-state index contributed by atoms with van der Waals surface area (Å²) in [6.45, 7) is 8.93. The van der Waals surface area contributed by atoms with Gasteiger partial charge in [0.25, 0.3) is 5.56 Å². The zero-order valence-electron chi connectivity index (χ0n) is 17.2. The normalized spacial score (nSPS) is 16.1. The number of ether oxygens (including phenoxy) is 1. The van der Waals surface area contributed by atoms with Crippen LogP contribution < -0.4 is 10.9 Å². The van der Waals surface area contributed by atoms with Gasteiger partial charge in [0.2, 0.25) is 5.91 Å². The van der Waals surface area contributed by atoms with Gasteiger partial charge < -0.3 is 10.1 Å². The van der Waals surface area contributed by atoms with Gasteiger partial charge >= 0.3 is 0 Å². The standard InChI is InChI=1S/C21H30N4O3S/c1-3-16(2)22-19(26)15-29-21-23-18-8-5-4-7-17(18)20(27)25(21)10-6-9-24-11-13-28-14-12-24/h4-5,7-8,16H,3,6,9-15H2,1-2H3,(H,22,26)/t16-/m1/s1. The fraction of sp³-hybridized carbons (Fsp3) is 0.571. The number of amides is 1. The number of nitrogens with one attached hydrogen (secondary N) is 1. The van der Waals surface area contributed by atoms with E-state index in [2.05, 4.69) is 15.2 Å². The Hall–Kier alpha value is -1.90. The molecule has 8 heteroatoms. The first kappa shape index (κ1) is 21.8. The van der Waals surface area contributed by atoms with Crippen LogP contribution in [0.15, 0.2) is 34.2 Å². The molecule has 0 bridgehead atoms. The topological polar surface area (TPSA) is 76.5 Å². The number of thioether (sulfide) groups is 1. The van der Waals surface area contributed by atoms with Crippen molar-refractivity contribution in [3.8, 4) is 0 Å². The predicted molar refractivity (Wildman–Crippen MR) is 116 cm³/mol. The van der Waals surface area contributed by atoms with E-state index in [4.69, 9.17) is 4.74 Å². The number of hydrogen-bond donors (Lipinski definition) is 1. The summed E-state index contributed by atoms with van der Waals surface area (Å²) in [6, 6.07) is 7.53. The molecule has 1 aromatic carbocycles. The first-order valence-corrected chi connectivity index (χ1v) is 11.3. The molecule has 1 saturated heterocycles.